The predicted octanol–water partition coefficient (Wildman–Crippen LogP) is 8.24. The molecule has 0 aromatic heterocycles. The van der Waals surface area contributed by atoms with Crippen LogP contribution in [0.2, 0.25) is 0 Å². The number of benzene rings is 1. The van der Waals surface area contributed by atoms with Crippen molar-refractivity contribution in [2.75, 3.05) is 0 Å². The minimum Gasteiger partial charge on any atom is -0.0755 e. The Morgan fingerprint density at radius 1 is 0.737 bits per heavy atom. The Kier molecular flexibility index (Phi) is 7.79. The molecule has 1 radical (unpaired) electrons. The van der Waals surface area contributed by atoms with Crippen molar-refractivity contribution in [3.8, 4) is 0 Å². The summed E-state index contributed by atoms with van der Waals surface area (Å²) in [5, 5.41) is 0. The minimum absolute atomic E-state index is 0.673. The van der Waals surface area contributed by atoms with Gasteiger partial charge in [-0.25, -0.2) is 0 Å². The van der Waals surface area contributed by atoms with Crippen molar-refractivity contribution >= 4 is 143 Å². The Hall–Kier alpha value is 3.54. The molecule has 107 valence electrons. The van der Waals surface area contributed by atoms with Crippen LogP contribution in [0.3, 0.4) is 0 Å². The molecule has 0 heterocycles. The van der Waals surface area contributed by atoms with Crippen LogP contribution in [0.5, 0.6) is 0 Å². The van der Waals surface area contributed by atoms with Crippen LogP contribution in [-0.4, -0.2) is 8.61 Å². The van der Waals surface area contributed by atoms with Gasteiger partial charge in [0.15, 0.2) is 4.29 Å². The summed E-state index contributed by atoms with van der Waals surface area (Å²) in [5.41, 5.74) is 0.914. The number of hydrogen-bond donors (Lipinski definition) is 0. The minimum atomic E-state index is -0.710. The highest BCUT2D eigenvalue weighted by Crippen LogP contribution is 2.71. The van der Waals surface area contributed by atoms with Gasteiger partial charge in [0.1, 0.15) is 7.56 Å². The van der Waals surface area contributed by atoms with Crippen molar-refractivity contribution in [3.05, 3.63) is 35.9 Å². The van der Waals surface area contributed by atoms with Crippen LogP contribution >= 0.6 is 143 Å². The van der Waals surface area contributed by atoms with Gasteiger partial charge < -0.3 is 0 Å². The third-order valence-electron chi connectivity index (χ3n) is 2.26. The number of hydrogen-bond acceptors (Lipinski definition) is 0. The lowest BCUT2D eigenvalue weighted by Gasteiger charge is -2.49. The van der Waals surface area contributed by atoms with Crippen LogP contribution in [0.15, 0.2) is 24.3 Å². The van der Waals surface area contributed by atoms with Gasteiger partial charge in [-0.3, -0.25) is 0 Å². The molecular weight excluding hydrogens is 839 g/mol. The third kappa shape index (κ3) is 4.15. The lowest BCUT2D eigenvalue weighted by Crippen LogP contribution is -2.56. The maximum atomic E-state index is 3.79. The molecular formula is C10H4Br9. The van der Waals surface area contributed by atoms with Gasteiger partial charge in [0.25, 0.3) is 0 Å². The molecule has 1 aromatic carbocycles. The summed E-state index contributed by atoms with van der Waals surface area (Å²) in [6.45, 7) is 0. The quantitative estimate of drug-likeness (QED) is 0.264. The molecule has 0 spiro atoms. The van der Waals surface area contributed by atoms with E-state index in [9.17, 15) is 0 Å². The van der Waals surface area contributed by atoms with Crippen LogP contribution in [0.4, 0.5) is 0 Å². The first-order valence-electron chi connectivity index (χ1n) is 4.53. The lowest BCUT2D eigenvalue weighted by molar-refractivity contribution is 0.649. The maximum Gasteiger partial charge on any atom is 0.155 e. The molecule has 0 aliphatic heterocycles. The van der Waals surface area contributed by atoms with Crippen LogP contribution in [0, 0.1) is 6.07 Å². The van der Waals surface area contributed by atoms with E-state index in [4.69, 9.17) is 0 Å². The summed E-state index contributed by atoms with van der Waals surface area (Å²) >= 11 is 32.8. The number of rotatable bonds is 2. The third-order valence-corrected chi connectivity index (χ3v) is 13.9. The second kappa shape index (κ2) is 7.19. The van der Waals surface area contributed by atoms with Crippen molar-refractivity contribution < 1.29 is 0 Å². The van der Waals surface area contributed by atoms with Crippen LogP contribution in [0.1, 0.15) is 5.56 Å². The van der Waals surface area contributed by atoms with E-state index < -0.39 is 11.8 Å². The monoisotopic (exact) mass is 834 g/mol. The fraction of sp³-hybridized carbons (Fsp3) is 0.400. The largest absolute Gasteiger partial charge is 0.155 e. The second-order valence-corrected chi connectivity index (χ2v) is 21.7. The van der Waals surface area contributed by atoms with Gasteiger partial charge in [0.05, 0.1) is 0 Å². The molecule has 19 heavy (non-hydrogen) atoms. The summed E-state index contributed by atoms with van der Waals surface area (Å²) in [7, 11) is 0. The molecule has 9 heteroatoms. The lowest BCUT2D eigenvalue weighted by atomic mass is 10.0. The molecule has 0 atom stereocenters. The zero-order chi connectivity index (χ0) is 15.1. The van der Waals surface area contributed by atoms with Gasteiger partial charge in [-0.2, -0.15) is 0 Å². The zero-order valence-corrected chi connectivity index (χ0v) is 23.0. The molecule has 0 N–H and O–H groups in total. The average Bonchev–Trinajstić information content (AvgIpc) is 2.26. The molecule has 0 bridgehead atoms. The molecule has 1 rings (SSSR count). The van der Waals surface area contributed by atoms with E-state index in [0.717, 1.165) is 5.56 Å². The number of alkyl halides is 9. The fourth-order valence-electron chi connectivity index (χ4n) is 1.29. The zero-order valence-electron chi connectivity index (χ0n) is 8.71. The summed E-state index contributed by atoms with van der Waals surface area (Å²) in [5.74, 6) is 0. The SMILES string of the molecule is BrC(Br)(Br)C(Br)(C(Br)(Br)Br)C(Br)(Br)c1[c]cccc1. The van der Waals surface area contributed by atoms with Gasteiger partial charge in [0.2, 0.25) is 0 Å². The molecule has 0 aliphatic carbocycles. The highest BCUT2D eigenvalue weighted by molar-refractivity contribution is 9.42. The van der Waals surface area contributed by atoms with Crippen molar-refractivity contribution in [3.63, 3.8) is 0 Å². The van der Waals surface area contributed by atoms with E-state index in [2.05, 4.69) is 149 Å². The van der Waals surface area contributed by atoms with E-state index >= 15 is 0 Å². The summed E-state index contributed by atoms with van der Waals surface area (Å²) < 4.78 is -2.74. The summed E-state index contributed by atoms with van der Waals surface area (Å²) in [4.78, 5) is 0. The van der Waals surface area contributed by atoms with Crippen molar-refractivity contribution in [1.82, 2.24) is 0 Å². The summed E-state index contributed by atoms with van der Waals surface area (Å²) in [6, 6.07) is 10.9. The van der Waals surface area contributed by atoms with E-state index in [1.54, 1.807) is 0 Å². The highest BCUT2D eigenvalue weighted by atomic mass is 80.0. The first-order valence-corrected chi connectivity index (χ1v) is 11.7. The van der Waals surface area contributed by atoms with Crippen molar-refractivity contribution in [1.29, 1.82) is 0 Å². The first-order chi connectivity index (χ1) is 8.36. The molecule has 0 saturated carbocycles. The Labute approximate surface area is 188 Å². The van der Waals surface area contributed by atoms with Gasteiger partial charge >= 0.3 is 0 Å². The Bertz CT molecular complexity index is 415. The second-order valence-electron chi connectivity index (χ2n) is 3.50. The van der Waals surface area contributed by atoms with Crippen LogP contribution in [-0.2, 0) is 3.23 Å². The van der Waals surface area contributed by atoms with Crippen LogP contribution in [0.25, 0.3) is 0 Å². The van der Waals surface area contributed by atoms with Crippen molar-refractivity contribution in [2.45, 2.75) is 11.8 Å². The van der Waals surface area contributed by atoms with Gasteiger partial charge in [-0.15, -0.1) is 0 Å². The van der Waals surface area contributed by atoms with Crippen LogP contribution < -0.4 is 0 Å². The van der Waals surface area contributed by atoms with E-state index in [1.165, 1.54) is 0 Å². The maximum absolute atomic E-state index is 3.79. The molecule has 1 aromatic rings. The average molecular weight is 843 g/mol. The topological polar surface area (TPSA) is 0 Å². The standard InChI is InChI=1S/C10H4Br9/c11-7(12,6-4-2-1-3-5-6)8(13,9(14,15)16)10(17,18)19/h1-4H. The molecule has 0 nitrogen and oxygen atoms in total. The van der Waals surface area contributed by atoms with Gasteiger partial charge in [-0.05, 0) is 11.6 Å². The summed E-state index contributed by atoms with van der Waals surface area (Å²) in [6.07, 6.45) is 0. The smallest absolute Gasteiger partial charge is 0.0755 e. The Morgan fingerprint density at radius 3 is 1.53 bits per heavy atom. The van der Waals surface area contributed by atoms with E-state index in [0.29, 0.717) is 0 Å². The highest BCUT2D eigenvalue weighted by Gasteiger charge is 2.67. The first kappa shape index (κ1) is 20.6. The molecule has 0 unspecified atom stereocenters. The van der Waals surface area contributed by atoms with Gasteiger partial charge in [0, 0.05) is 0 Å². The normalized spacial score (nSPS) is 14.6. The Morgan fingerprint density at radius 2 is 1.21 bits per heavy atom. The van der Waals surface area contributed by atoms with E-state index in [1.807, 2.05) is 24.3 Å². The molecule has 0 fully saturated rings. The number of halogens is 9. The van der Waals surface area contributed by atoms with E-state index in [-0.39, 0.29) is 0 Å². The van der Waals surface area contributed by atoms with Crippen molar-refractivity contribution in [2.24, 2.45) is 0 Å². The molecule has 0 saturated heterocycles. The molecule has 0 aliphatic rings. The molecule has 0 amide bonds. The fourth-order valence-corrected chi connectivity index (χ4v) is 12.3. The van der Waals surface area contributed by atoms with Gasteiger partial charge in [-0.1, -0.05) is 168 Å². The predicted molar refractivity (Wildman–Crippen MR) is 115 cm³/mol. The Balaban J connectivity index is 3.51.